The molecule has 1 aliphatic rings. The molecule has 7 heteroatoms. The van der Waals surface area contributed by atoms with Crippen molar-refractivity contribution in [1.29, 1.82) is 0 Å². The lowest BCUT2D eigenvalue weighted by molar-refractivity contribution is -0.222. The molecule has 1 aliphatic heterocycles. The number of phenols is 1. The van der Waals surface area contributed by atoms with Crippen LogP contribution in [0.5, 0.6) is 5.75 Å². The van der Waals surface area contributed by atoms with E-state index in [0.717, 1.165) is 18.3 Å². The predicted octanol–water partition coefficient (Wildman–Crippen LogP) is 1.66. The van der Waals surface area contributed by atoms with Crippen LogP contribution in [0, 0.1) is 5.82 Å². The summed E-state index contributed by atoms with van der Waals surface area (Å²) in [6, 6.07) is 3.52. The van der Waals surface area contributed by atoms with Gasteiger partial charge in [-0.25, -0.2) is 14.0 Å². The molecule has 2 rings (SSSR count). The van der Waals surface area contributed by atoms with Crippen molar-refractivity contribution in [3.05, 3.63) is 35.8 Å². The fraction of sp³-hybridized carbons (Fsp3) is 0.231. The molecule has 0 spiro atoms. The average molecular weight is 281 g/mol. The van der Waals surface area contributed by atoms with Gasteiger partial charge in [-0.1, -0.05) is 0 Å². The second-order valence-corrected chi connectivity index (χ2v) is 4.55. The lowest BCUT2D eigenvalue weighted by Gasteiger charge is -2.29. The van der Waals surface area contributed by atoms with Gasteiger partial charge in [0.25, 0.3) is 5.79 Å². The van der Waals surface area contributed by atoms with Gasteiger partial charge in [0.2, 0.25) is 0 Å². The minimum absolute atomic E-state index is 0.248. The van der Waals surface area contributed by atoms with Crippen LogP contribution in [0.1, 0.15) is 13.8 Å². The van der Waals surface area contributed by atoms with Crippen molar-refractivity contribution in [3.63, 3.8) is 0 Å². The van der Waals surface area contributed by atoms with Crippen LogP contribution in [0.4, 0.5) is 10.1 Å². The Bertz CT molecular complexity index is 587. The Kier molecular flexibility index (Phi) is 3.35. The minimum atomic E-state index is -1.31. The highest BCUT2D eigenvalue weighted by Crippen LogP contribution is 2.23. The van der Waals surface area contributed by atoms with E-state index in [1.807, 2.05) is 0 Å². The number of carbonyl (C=O) groups is 2. The van der Waals surface area contributed by atoms with Gasteiger partial charge >= 0.3 is 11.9 Å². The Balaban J connectivity index is 2.17. The Morgan fingerprint density at radius 2 is 1.85 bits per heavy atom. The zero-order valence-corrected chi connectivity index (χ0v) is 10.8. The molecule has 106 valence electrons. The maximum absolute atomic E-state index is 13.1. The first-order chi connectivity index (χ1) is 9.28. The number of rotatable bonds is 2. The Labute approximate surface area is 113 Å². The van der Waals surface area contributed by atoms with Crippen LogP contribution in [0.3, 0.4) is 0 Å². The normalized spacial score (nSPS) is 17.2. The molecular formula is C13H12FNO5. The molecule has 1 aromatic rings. The van der Waals surface area contributed by atoms with Crippen LogP contribution in [0.15, 0.2) is 30.0 Å². The topological polar surface area (TPSA) is 84.9 Å². The summed E-state index contributed by atoms with van der Waals surface area (Å²) >= 11 is 0. The van der Waals surface area contributed by atoms with Crippen molar-refractivity contribution >= 4 is 17.6 Å². The van der Waals surface area contributed by atoms with Crippen LogP contribution >= 0.6 is 0 Å². The lowest BCUT2D eigenvalue weighted by atomic mass is 10.2. The fourth-order valence-electron chi connectivity index (χ4n) is 1.53. The van der Waals surface area contributed by atoms with E-state index < -0.39 is 29.3 Å². The van der Waals surface area contributed by atoms with Crippen molar-refractivity contribution in [2.45, 2.75) is 19.6 Å². The molecule has 1 fully saturated rings. The maximum atomic E-state index is 13.1. The largest absolute Gasteiger partial charge is 0.505 e. The number of cyclic esters (lactones) is 2. The van der Waals surface area contributed by atoms with Crippen LogP contribution in [-0.4, -0.2) is 22.8 Å². The quantitative estimate of drug-likeness (QED) is 0.371. The summed E-state index contributed by atoms with van der Waals surface area (Å²) in [6.45, 7) is 2.87. The molecule has 0 aromatic heterocycles. The molecule has 6 nitrogen and oxygen atoms in total. The van der Waals surface area contributed by atoms with Crippen LogP contribution in [-0.2, 0) is 19.1 Å². The second-order valence-electron chi connectivity index (χ2n) is 4.55. The van der Waals surface area contributed by atoms with Gasteiger partial charge < -0.3 is 19.9 Å². The van der Waals surface area contributed by atoms with E-state index in [2.05, 4.69) is 5.32 Å². The summed E-state index contributed by atoms with van der Waals surface area (Å²) in [5.41, 5.74) is -0.0870. The molecule has 0 unspecified atom stereocenters. The van der Waals surface area contributed by atoms with Gasteiger partial charge in [0, 0.05) is 31.8 Å². The first-order valence-electron chi connectivity index (χ1n) is 5.70. The standard InChI is InChI=1S/C13H12FNO5/c1-13(2)19-11(17)8(12(18)20-13)6-15-7-3-4-10(16)9(14)5-7/h3-6,15-16H,1-2H3. The predicted molar refractivity (Wildman–Crippen MR) is 66.0 cm³/mol. The van der Waals surface area contributed by atoms with Gasteiger partial charge in [-0.05, 0) is 12.1 Å². The third-order valence-electron chi connectivity index (χ3n) is 2.45. The Morgan fingerprint density at radius 3 is 2.40 bits per heavy atom. The van der Waals surface area contributed by atoms with Gasteiger partial charge in [-0.15, -0.1) is 0 Å². The fourth-order valence-corrected chi connectivity index (χ4v) is 1.53. The molecule has 0 radical (unpaired) electrons. The highest BCUT2D eigenvalue weighted by Gasteiger charge is 2.38. The molecule has 20 heavy (non-hydrogen) atoms. The summed E-state index contributed by atoms with van der Waals surface area (Å²) in [7, 11) is 0. The zero-order chi connectivity index (χ0) is 14.9. The summed E-state index contributed by atoms with van der Waals surface area (Å²) in [4.78, 5) is 23.2. The van der Waals surface area contributed by atoms with Gasteiger partial charge in [-0.3, -0.25) is 0 Å². The SMILES string of the molecule is CC1(C)OC(=O)C(=CNc2ccc(O)c(F)c2)C(=O)O1. The Morgan fingerprint density at radius 1 is 1.25 bits per heavy atom. The first-order valence-corrected chi connectivity index (χ1v) is 5.70. The molecule has 0 atom stereocenters. The Hall–Kier alpha value is -2.57. The number of ether oxygens (including phenoxy) is 2. The maximum Gasteiger partial charge on any atom is 0.350 e. The van der Waals surface area contributed by atoms with Crippen molar-refractivity contribution in [3.8, 4) is 5.75 Å². The number of aromatic hydroxyl groups is 1. The van der Waals surface area contributed by atoms with Crippen molar-refractivity contribution in [2.24, 2.45) is 0 Å². The van der Waals surface area contributed by atoms with Crippen LogP contribution < -0.4 is 5.32 Å². The van der Waals surface area contributed by atoms with E-state index in [9.17, 15) is 14.0 Å². The number of benzene rings is 1. The highest BCUT2D eigenvalue weighted by molar-refractivity contribution is 6.15. The number of hydrogen-bond donors (Lipinski definition) is 2. The molecular weight excluding hydrogens is 269 g/mol. The number of anilines is 1. The van der Waals surface area contributed by atoms with E-state index in [1.165, 1.54) is 19.9 Å². The van der Waals surface area contributed by atoms with E-state index in [1.54, 1.807) is 0 Å². The number of phenolic OH excluding ortho intramolecular Hbond substituents is 1. The number of hydrogen-bond acceptors (Lipinski definition) is 6. The molecule has 0 amide bonds. The van der Waals surface area contributed by atoms with E-state index in [4.69, 9.17) is 14.6 Å². The third kappa shape index (κ3) is 2.87. The molecule has 1 saturated heterocycles. The number of carbonyl (C=O) groups excluding carboxylic acids is 2. The molecule has 0 bridgehead atoms. The van der Waals surface area contributed by atoms with Gasteiger partial charge in [0.15, 0.2) is 17.1 Å². The summed E-state index contributed by atoms with van der Waals surface area (Å²) in [6.07, 6.45) is 1.06. The van der Waals surface area contributed by atoms with Crippen molar-refractivity contribution in [2.75, 3.05) is 5.32 Å². The monoisotopic (exact) mass is 281 g/mol. The number of halogens is 1. The molecule has 0 aliphatic carbocycles. The third-order valence-corrected chi connectivity index (χ3v) is 2.45. The first kappa shape index (κ1) is 13.9. The van der Waals surface area contributed by atoms with Crippen molar-refractivity contribution in [1.82, 2.24) is 0 Å². The van der Waals surface area contributed by atoms with Crippen LogP contribution in [0.2, 0.25) is 0 Å². The van der Waals surface area contributed by atoms with Gasteiger partial charge in [0.1, 0.15) is 0 Å². The highest BCUT2D eigenvalue weighted by atomic mass is 19.1. The lowest BCUT2D eigenvalue weighted by Crippen LogP contribution is -2.42. The van der Waals surface area contributed by atoms with E-state index in [-0.39, 0.29) is 11.3 Å². The summed E-state index contributed by atoms with van der Waals surface area (Å²) in [5.74, 6) is -4.31. The smallest absolute Gasteiger partial charge is 0.350 e. The van der Waals surface area contributed by atoms with E-state index >= 15 is 0 Å². The van der Waals surface area contributed by atoms with Crippen LogP contribution in [0.25, 0.3) is 0 Å². The number of nitrogens with one attached hydrogen (secondary N) is 1. The molecule has 1 heterocycles. The van der Waals surface area contributed by atoms with Gasteiger partial charge in [0.05, 0.1) is 0 Å². The number of esters is 2. The summed E-state index contributed by atoms with van der Waals surface area (Å²) in [5, 5.41) is 11.6. The van der Waals surface area contributed by atoms with E-state index in [0.29, 0.717) is 0 Å². The molecule has 2 N–H and O–H groups in total. The summed E-state index contributed by atoms with van der Waals surface area (Å²) < 4.78 is 22.9. The minimum Gasteiger partial charge on any atom is -0.505 e. The molecule has 0 saturated carbocycles. The average Bonchev–Trinajstić information content (AvgIpc) is 2.31. The molecule has 1 aromatic carbocycles. The van der Waals surface area contributed by atoms with Gasteiger partial charge in [-0.2, -0.15) is 0 Å². The van der Waals surface area contributed by atoms with Crippen molar-refractivity contribution < 1.29 is 28.6 Å². The zero-order valence-electron chi connectivity index (χ0n) is 10.8. The second kappa shape index (κ2) is 4.84.